The van der Waals surface area contributed by atoms with E-state index < -0.39 is 11.9 Å². The number of likely N-dealkylation sites (N-methyl/N-ethyl adjacent to an activating group) is 1. The lowest BCUT2D eigenvalue weighted by molar-refractivity contribution is 0.127. The van der Waals surface area contributed by atoms with E-state index in [1.165, 1.54) is 17.0 Å². The highest BCUT2D eigenvalue weighted by Gasteiger charge is 2.30. The Kier molecular flexibility index (Phi) is 5.31. The van der Waals surface area contributed by atoms with Gasteiger partial charge in [-0.1, -0.05) is 13.0 Å². The van der Waals surface area contributed by atoms with Crippen LogP contribution >= 0.6 is 0 Å². The molecule has 8 nitrogen and oxygen atoms in total. The zero-order valence-electron chi connectivity index (χ0n) is 15.6. The first-order chi connectivity index (χ1) is 13.3. The molecule has 1 saturated heterocycles. The van der Waals surface area contributed by atoms with Crippen molar-refractivity contribution in [3.8, 4) is 17.3 Å². The fourth-order valence-electron chi connectivity index (χ4n) is 3.47. The van der Waals surface area contributed by atoms with E-state index in [9.17, 15) is 14.3 Å². The van der Waals surface area contributed by atoms with Crippen LogP contribution in [-0.2, 0) is 0 Å². The standard InChI is InChI=1S/C19H21FN6O2/c1-11-5-14(25(2)19(27)28)10-26(9-11)17-7-16(23-18(22)24-17)12-3-4-13(8-21)15(20)6-12/h3-4,6-7,11,14H,5,9-10H2,1-2H3,(H,27,28)(H2,22,23,24)/t11-,14-/m1/s1. The van der Waals surface area contributed by atoms with Gasteiger partial charge in [0, 0.05) is 31.8 Å². The minimum atomic E-state index is -0.977. The number of nitrogens with two attached hydrogens (primary N) is 1. The predicted molar refractivity (Wildman–Crippen MR) is 102 cm³/mol. The van der Waals surface area contributed by atoms with Gasteiger partial charge in [-0.25, -0.2) is 14.2 Å². The molecule has 0 unspecified atom stereocenters. The van der Waals surface area contributed by atoms with Crippen LogP contribution < -0.4 is 10.6 Å². The second-order valence-electron chi connectivity index (χ2n) is 7.07. The maximum atomic E-state index is 14.0. The molecule has 1 aromatic carbocycles. The minimum absolute atomic E-state index is 0.0404. The second-order valence-corrected chi connectivity index (χ2v) is 7.07. The lowest BCUT2D eigenvalue weighted by Crippen LogP contribution is -2.51. The number of nitriles is 1. The lowest BCUT2D eigenvalue weighted by atomic mass is 9.95. The molecule has 1 fully saturated rings. The first kappa shape index (κ1) is 19.4. The first-order valence-corrected chi connectivity index (χ1v) is 8.83. The molecule has 2 atom stereocenters. The van der Waals surface area contributed by atoms with Crippen molar-refractivity contribution >= 4 is 17.9 Å². The number of rotatable bonds is 3. The summed E-state index contributed by atoms with van der Waals surface area (Å²) in [7, 11) is 1.56. The fourth-order valence-corrected chi connectivity index (χ4v) is 3.47. The van der Waals surface area contributed by atoms with Crippen LogP contribution in [0.1, 0.15) is 18.9 Å². The van der Waals surface area contributed by atoms with Crippen molar-refractivity contribution in [2.45, 2.75) is 19.4 Å². The third-order valence-electron chi connectivity index (χ3n) is 4.93. The second kappa shape index (κ2) is 7.68. The molecule has 3 rings (SSSR count). The van der Waals surface area contributed by atoms with E-state index in [-0.39, 0.29) is 23.5 Å². The van der Waals surface area contributed by atoms with Crippen molar-refractivity contribution in [2.24, 2.45) is 5.92 Å². The van der Waals surface area contributed by atoms with Gasteiger partial charge < -0.3 is 20.6 Å². The summed E-state index contributed by atoms with van der Waals surface area (Å²) in [6.45, 7) is 3.22. The number of nitrogens with zero attached hydrogens (tertiary/aromatic N) is 5. The average Bonchev–Trinajstić information content (AvgIpc) is 2.66. The van der Waals surface area contributed by atoms with Crippen LogP contribution in [0.4, 0.5) is 21.0 Å². The molecule has 0 bridgehead atoms. The Hall–Kier alpha value is -3.41. The Bertz CT molecular complexity index is 945. The Labute approximate surface area is 162 Å². The number of halogens is 1. The van der Waals surface area contributed by atoms with E-state index in [4.69, 9.17) is 11.0 Å². The summed E-state index contributed by atoms with van der Waals surface area (Å²) in [5, 5.41) is 18.2. The van der Waals surface area contributed by atoms with Crippen molar-refractivity contribution in [1.29, 1.82) is 5.26 Å². The summed E-state index contributed by atoms with van der Waals surface area (Å²) in [4.78, 5) is 23.1. The Morgan fingerprint density at radius 2 is 2.14 bits per heavy atom. The number of piperidine rings is 1. The van der Waals surface area contributed by atoms with E-state index in [1.807, 2.05) is 4.90 Å². The number of nitrogen functional groups attached to an aromatic ring is 1. The molecule has 1 aliphatic heterocycles. The highest BCUT2D eigenvalue weighted by atomic mass is 19.1. The number of hydrogen-bond donors (Lipinski definition) is 2. The monoisotopic (exact) mass is 384 g/mol. The molecule has 2 heterocycles. The molecule has 0 saturated carbocycles. The third kappa shape index (κ3) is 3.96. The van der Waals surface area contributed by atoms with Gasteiger partial charge in [-0.2, -0.15) is 10.2 Å². The van der Waals surface area contributed by atoms with Crippen LogP contribution in [0.3, 0.4) is 0 Å². The Morgan fingerprint density at radius 1 is 1.39 bits per heavy atom. The van der Waals surface area contributed by atoms with Crippen LogP contribution in [0.5, 0.6) is 0 Å². The van der Waals surface area contributed by atoms with Gasteiger partial charge in [-0.15, -0.1) is 0 Å². The highest BCUT2D eigenvalue weighted by Crippen LogP contribution is 2.28. The van der Waals surface area contributed by atoms with E-state index in [0.29, 0.717) is 30.2 Å². The predicted octanol–water partition coefficient (Wildman–Crippen LogP) is 2.56. The number of carboxylic acid groups (broad SMARTS) is 1. The molecule has 1 amide bonds. The molecular formula is C19H21FN6O2. The number of benzene rings is 1. The fraction of sp³-hybridized carbons (Fsp3) is 0.368. The van der Waals surface area contributed by atoms with Crippen molar-refractivity contribution in [3.63, 3.8) is 0 Å². The van der Waals surface area contributed by atoms with Gasteiger partial charge in [0.15, 0.2) is 0 Å². The summed E-state index contributed by atoms with van der Waals surface area (Å²) in [6.07, 6.45) is -0.219. The quantitative estimate of drug-likeness (QED) is 0.834. The maximum Gasteiger partial charge on any atom is 0.407 e. The lowest BCUT2D eigenvalue weighted by Gasteiger charge is -2.40. The van der Waals surface area contributed by atoms with Crippen molar-refractivity contribution < 1.29 is 14.3 Å². The van der Waals surface area contributed by atoms with Gasteiger partial charge in [-0.3, -0.25) is 0 Å². The smallest absolute Gasteiger partial charge is 0.407 e. The van der Waals surface area contributed by atoms with E-state index in [2.05, 4.69) is 16.9 Å². The van der Waals surface area contributed by atoms with Gasteiger partial charge >= 0.3 is 6.09 Å². The van der Waals surface area contributed by atoms with E-state index >= 15 is 0 Å². The number of carbonyl (C=O) groups is 1. The van der Waals surface area contributed by atoms with Crippen molar-refractivity contribution in [1.82, 2.24) is 14.9 Å². The van der Waals surface area contributed by atoms with Crippen molar-refractivity contribution in [2.75, 3.05) is 30.8 Å². The largest absolute Gasteiger partial charge is 0.465 e. The first-order valence-electron chi connectivity index (χ1n) is 8.83. The zero-order valence-corrected chi connectivity index (χ0v) is 15.6. The molecule has 3 N–H and O–H groups in total. The van der Waals surface area contributed by atoms with Crippen LogP contribution in [0.25, 0.3) is 11.3 Å². The van der Waals surface area contributed by atoms with Crippen molar-refractivity contribution in [3.05, 3.63) is 35.6 Å². The zero-order chi connectivity index (χ0) is 20.4. The summed E-state index contributed by atoms with van der Waals surface area (Å²) < 4.78 is 14.0. The molecule has 9 heteroatoms. The number of aromatic nitrogens is 2. The van der Waals surface area contributed by atoms with Crippen LogP contribution in [-0.4, -0.2) is 52.2 Å². The van der Waals surface area contributed by atoms with Gasteiger partial charge in [0.1, 0.15) is 17.7 Å². The molecular weight excluding hydrogens is 363 g/mol. The normalized spacial score (nSPS) is 19.1. The Balaban J connectivity index is 1.94. The summed E-state index contributed by atoms with van der Waals surface area (Å²) >= 11 is 0. The molecule has 1 aliphatic rings. The molecule has 0 aliphatic carbocycles. The summed E-state index contributed by atoms with van der Waals surface area (Å²) in [5.74, 6) is 0.224. The SMILES string of the molecule is C[C@@H]1C[C@@H](N(C)C(=O)O)CN(c2cc(-c3ccc(C#N)c(F)c3)nc(N)n2)C1. The topological polar surface area (TPSA) is 119 Å². The van der Waals surface area contributed by atoms with Gasteiger partial charge in [0.05, 0.1) is 17.3 Å². The minimum Gasteiger partial charge on any atom is -0.465 e. The molecule has 2 aromatic rings. The molecule has 0 radical (unpaired) electrons. The molecule has 146 valence electrons. The number of hydrogen-bond acceptors (Lipinski definition) is 6. The van der Waals surface area contributed by atoms with Crippen LogP contribution in [0.2, 0.25) is 0 Å². The number of amides is 1. The van der Waals surface area contributed by atoms with Crippen LogP contribution in [0.15, 0.2) is 24.3 Å². The average molecular weight is 384 g/mol. The van der Waals surface area contributed by atoms with Gasteiger partial charge in [0.25, 0.3) is 0 Å². The number of anilines is 2. The van der Waals surface area contributed by atoms with E-state index in [1.54, 1.807) is 25.2 Å². The van der Waals surface area contributed by atoms with E-state index in [0.717, 1.165) is 6.42 Å². The highest BCUT2D eigenvalue weighted by molar-refractivity contribution is 5.66. The molecule has 0 spiro atoms. The molecule has 28 heavy (non-hydrogen) atoms. The van der Waals surface area contributed by atoms with Gasteiger partial charge in [-0.05, 0) is 24.5 Å². The third-order valence-corrected chi connectivity index (χ3v) is 4.93. The Morgan fingerprint density at radius 3 is 2.79 bits per heavy atom. The molecule has 1 aromatic heterocycles. The summed E-state index contributed by atoms with van der Waals surface area (Å²) in [6, 6.07) is 7.55. The van der Waals surface area contributed by atoms with Gasteiger partial charge in [0.2, 0.25) is 5.95 Å². The summed E-state index contributed by atoms with van der Waals surface area (Å²) in [5.41, 5.74) is 6.75. The van der Waals surface area contributed by atoms with Crippen LogP contribution in [0, 0.1) is 23.1 Å². The maximum absolute atomic E-state index is 14.0.